The summed E-state index contributed by atoms with van der Waals surface area (Å²) < 4.78 is 0. The van der Waals surface area contributed by atoms with E-state index in [0.717, 1.165) is 0 Å². The van der Waals surface area contributed by atoms with E-state index in [9.17, 15) is 14.4 Å². The summed E-state index contributed by atoms with van der Waals surface area (Å²) in [5.41, 5.74) is -2.74. The zero-order valence-electron chi connectivity index (χ0n) is 10.1. The zero-order chi connectivity index (χ0) is 17.8. The molecule has 0 heterocycles. The Morgan fingerprint density at radius 2 is 1.00 bits per heavy atom. The summed E-state index contributed by atoms with van der Waals surface area (Å²) in [4.78, 5) is 47.0. The second-order valence-corrected chi connectivity index (χ2v) is 2.92. The molecule has 0 bridgehead atoms. The Hall–Kier alpha value is -2.71. The van der Waals surface area contributed by atoms with Gasteiger partial charge in [-0.05, 0) is 0 Å². The summed E-state index contributed by atoms with van der Waals surface area (Å²) in [6, 6.07) is 0. The predicted octanol–water partition coefficient (Wildman–Crippen LogP) is -1.73. The molecule has 0 aliphatic rings. The second kappa shape index (κ2) is 13.3. The van der Waals surface area contributed by atoms with Crippen LogP contribution in [0.15, 0.2) is 0 Å². The van der Waals surface area contributed by atoms with Crippen molar-refractivity contribution in [1.82, 2.24) is 0 Å². The summed E-state index contributed by atoms with van der Waals surface area (Å²) in [7, 11) is 0. The van der Waals surface area contributed by atoms with Crippen molar-refractivity contribution in [2.24, 2.45) is 0 Å². The first-order chi connectivity index (χ1) is 9.24. The summed E-state index contributed by atoms with van der Waals surface area (Å²) in [5.74, 6) is -5.02. The number of hydrogen-bond donors (Lipinski definition) is 4. The third kappa shape index (κ3) is 26.0. The molecule has 0 rings (SSSR count). The number of rotatable bonds is 5. The fourth-order valence-electron chi connectivity index (χ4n) is 0.714. The van der Waals surface area contributed by atoms with Crippen LogP contribution in [0.25, 0.3) is 0 Å². The molecule has 0 aliphatic carbocycles. The minimum Gasteiger partial charge on any atom is -0.481 e. The van der Waals surface area contributed by atoms with Gasteiger partial charge in [0.05, 0.1) is 23.0 Å². The van der Waals surface area contributed by atoms with E-state index in [1.807, 2.05) is 0 Å². The Morgan fingerprint density at radius 3 is 1.09 bits per heavy atom. The van der Waals surface area contributed by atoms with Crippen LogP contribution in [0.3, 0.4) is 0 Å². The molecule has 0 unspecified atom stereocenters. The molecule has 0 saturated carbocycles. The van der Waals surface area contributed by atoms with Crippen LogP contribution in [0, 0.1) is 30.6 Å². The number of carbonyl (C=O) groups is 3. The van der Waals surface area contributed by atoms with E-state index in [-0.39, 0.29) is 17.1 Å². The SMILES string of the molecule is O=C(O)CC(O)(CC(=O)O)C(=O)O.O=[N+]([O-])[O-].O=[N+]([O-])[O-].[Mn+2]. The minimum atomic E-state index is -2.74. The van der Waals surface area contributed by atoms with Gasteiger partial charge in [0.1, 0.15) is 0 Å². The zero-order valence-corrected chi connectivity index (χ0v) is 11.3. The van der Waals surface area contributed by atoms with Crippen LogP contribution in [0.1, 0.15) is 12.8 Å². The van der Waals surface area contributed by atoms with E-state index < -0.39 is 46.5 Å². The Bertz CT molecular complexity index is 373. The van der Waals surface area contributed by atoms with Crippen molar-refractivity contribution in [3.63, 3.8) is 0 Å². The van der Waals surface area contributed by atoms with Crippen molar-refractivity contribution in [3.05, 3.63) is 30.6 Å². The Balaban J connectivity index is -0.000000150. The van der Waals surface area contributed by atoms with Gasteiger partial charge in [-0.2, -0.15) is 0 Å². The van der Waals surface area contributed by atoms with Gasteiger partial charge in [0, 0.05) is 0 Å². The summed E-state index contributed by atoms with van der Waals surface area (Å²) in [6.07, 6.45) is -2.29. The Morgan fingerprint density at radius 1 is 0.818 bits per heavy atom. The van der Waals surface area contributed by atoms with Gasteiger partial charge in [0.15, 0.2) is 5.60 Å². The van der Waals surface area contributed by atoms with Gasteiger partial charge in [-0.15, -0.1) is 0 Å². The third-order valence-electron chi connectivity index (χ3n) is 1.29. The molecular formula is C6H8MnN2O13. The summed E-state index contributed by atoms with van der Waals surface area (Å²) >= 11 is 0. The first kappa shape index (κ1) is 27.6. The largest absolute Gasteiger partial charge is 2.00 e. The monoisotopic (exact) mass is 371 g/mol. The second-order valence-electron chi connectivity index (χ2n) is 2.92. The van der Waals surface area contributed by atoms with E-state index in [1.54, 1.807) is 0 Å². The van der Waals surface area contributed by atoms with E-state index in [4.69, 9.17) is 51.1 Å². The van der Waals surface area contributed by atoms with E-state index in [2.05, 4.69) is 0 Å². The van der Waals surface area contributed by atoms with Gasteiger partial charge in [-0.1, -0.05) is 0 Å². The topological polar surface area (TPSA) is 265 Å². The van der Waals surface area contributed by atoms with E-state index >= 15 is 0 Å². The Labute approximate surface area is 130 Å². The maximum absolute atomic E-state index is 10.3. The number of nitrogens with zero attached hydrogens (tertiary/aromatic N) is 2. The average molecular weight is 371 g/mol. The normalized spacial score (nSPS) is 8.59. The molecule has 0 amide bonds. The predicted molar refractivity (Wildman–Crippen MR) is 57.8 cm³/mol. The van der Waals surface area contributed by atoms with Gasteiger partial charge >= 0.3 is 35.0 Å². The van der Waals surface area contributed by atoms with Crippen molar-refractivity contribution in [2.45, 2.75) is 18.4 Å². The van der Waals surface area contributed by atoms with Gasteiger partial charge in [0.2, 0.25) is 0 Å². The van der Waals surface area contributed by atoms with Crippen LogP contribution < -0.4 is 0 Å². The van der Waals surface area contributed by atoms with Crippen molar-refractivity contribution >= 4 is 17.9 Å². The fourth-order valence-corrected chi connectivity index (χ4v) is 0.714. The van der Waals surface area contributed by atoms with Crippen LogP contribution in [0.5, 0.6) is 0 Å². The van der Waals surface area contributed by atoms with E-state index in [1.165, 1.54) is 0 Å². The molecule has 15 nitrogen and oxygen atoms in total. The minimum absolute atomic E-state index is 0. The summed E-state index contributed by atoms with van der Waals surface area (Å²) in [5, 5.41) is 63.3. The first-order valence-electron chi connectivity index (χ1n) is 4.27. The van der Waals surface area contributed by atoms with Gasteiger partial charge in [-0.3, -0.25) is 9.59 Å². The average Bonchev–Trinajstić information content (AvgIpc) is 2.11. The third-order valence-corrected chi connectivity index (χ3v) is 1.29. The molecule has 0 fully saturated rings. The van der Waals surface area contributed by atoms with Gasteiger partial charge in [-0.25, -0.2) is 4.79 Å². The van der Waals surface area contributed by atoms with Crippen molar-refractivity contribution < 1.29 is 62.1 Å². The van der Waals surface area contributed by atoms with Gasteiger partial charge in [0.25, 0.3) is 0 Å². The summed E-state index contributed by atoms with van der Waals surface area (Å²) in [6.45, 7) is 0. The molecule has 22 heavy (non-hydrogen) atoms. The van der Waals surface area contributed by atoms with Crippen LogP contribution in [-0.2, 0) is 31.5 Å². The molecule has 4 N–H and O–H groups in total. The fraction of sp³-hybridized carbons (Fsp3) is 0.500. The maximum Gasteiger partial charge on any atom is 2.00 e. The van der Waals surface area contributed by atoms with Crippen LogP contribution in [0.2, 0.25) is 0 Å². The number of hydrogen-bond acceptors (Lipinski definition) is 10. The van der Waals surface area contributed by atoms with Crippen molar-refractivity contribution in [3.8, 4) is 0 Å². The molecule has 0 aromatic rings. The molecule has 0 aromatic heterocycles. The number of aliphatic carboxylic acids is 3. The molecular weight excluding hydrogens is 363 g/mol. The van der Waals surface area contributed by atoms with Gasteiger partial charge < -0.3 is 51.1 Å². The molecule has 0 aromatic carbocycles. The quantitative estimate of drug-likeness (QED) is 0.238. The molecule has 0 saturated heterocycles. The smallest absolute Gasteiger partial charge is 0.481 e. The standard InChI is InChI=1S/C6H8O7.Mn.2NO3/c7-3(8)1-6(13,5(11)12)2-4(9)10;;2*2-1(3)4/h13H,1-2H2,(H,7,8)(H,9,10)(H,11,12);;;/q;+2;2*-1. The number of aliphatic hydroxyl groups is 1. The molecule has 0 atom stereocenters. The Kier molecular flexibility index (Phi) is 16.7. The number of carboxylic acid groups (broad SMARTS) is 3. The molecule has 1 radical (unpaired) electrons. The van der Waals surface area contributed by atoms with Crippen molar-refractivity contribution in [1.29, 1.82) is 0 Å². The molecule has 0 spiro atoms. The van der Waals surface area contributed by atoms with Crippen molar-refractivity contribution in [2.75, 3.05) is 0 Å². The number of carboxylic acids is 3. The first-order valence-corrected chi connectivity index (χ1v) is 4.27. The molecule has 0 aliphatic heterocycles. The van der Waals surface area contributed by atoms with Crippen LogP contribution in [0.4, 0.5) is 0 Å². The molecule has 127 valence electrons. The maximum atomic E-state index is 10.3. The van der Waals surface area contributed by atoms with Crippen LogP contribution in [-0.4, -0.2) is 54.1 Å². The molecule has 16 heteroatoms. The van der Waals surface area contributed by atoms with E-state index in [0.29, 0.717) is 0 Å². The van der Waals surface area contributed by atoms with Crippen LogP contribution >= 0.6 is 0 Å².